The topological polar surface area (TPSA) is 125 Å². The van der Waals surface area contributed by atoms with E-state index in [0.29, 0.717) is 42.8 Å². The van der Waals surface area contributed by atoms with Gasteiger partial charge in [0.25, 0.3) is 5.91 Å². The van der Waals surface area contributed by atoms with E-state index in [4.69, 9.17) is 16.3 Å². The average molecular weight is 550 g/mol. The highest BCUT2D eigenvalue weighted by molar-refractivity contribution is 7.89. The fourth-order valence-corrected chi connectivity index (χ4v) is 6.44. The number of ether oxygens (including phenoxy) is 1. The fraction of sp³-hybridized carbons (Fsp3) is 0.375. The van der Waals surface area contributed by atoms with Crippen molar-refractivity contribution in [3.63, 3.8) is 0 Å². The van der Waals surface area contributed by atoms with Gasteiger partial charge >= 0.3 is 0 Å². The number of likely N-dealkylation sites (tertiary alicyclic amines) is 1. The second-order valence-corrected chi connectivity index (χ2v) is 11.7. The molecule has 5 rings (SSSR count). The van der Waals surface area contributed by atoms with Gasteiger partial charge in [-0.3, -0.25) is 9.59 Å². The third kappa shape index (κ3) is 5.47. The van der Waals surface area contributed by atoms with Crippen molar-refractivity contribution in [3.05, 3.63) is 64.8 Å². The Morgan fingerprint density at radius 1 is 1.19 bits per heavy atom. The van der Waals surface area contributed by atoms with Gasteiger partial charge in [0.1, 0.15) is 28.0 Å². The van der Waals surface area contributed by atoms with E-state index < -0.39 is 38.9 Å². The number of aromatic nitrogens is 2. The molecule has 2 aromatic heterocycles. The molecule has 0 saturated carbocycles. The van der Waals surface area contributed by atoms with Gasteiger partial charge in [0.05, 0.1) is 24.9 Å². The number of H-pyrrole nitrogens is 1. The second-order valence-electron chi connectivity index (χ2n) is 9.06. The van der Waals surface area contributed by atoms with E-state index in [0.717, 1.165) is 0 Å². The average Bonchev–Trinajstić information content (AvgIpc) is 3.28. The van der Waals surface area contributed by atoms with Crippen LogP contribution >= 0.6 is 11.6 Å². The van der Waals surface area contributed by atoms with Crippen LogP contribution in [0, 0.1) is 5.82 Å². The number of fused-ring (bicyclic) bond motifs is 1. The summed E-state index contributed by atoms with van der Waals surface area (Å²) in [5.41, 5.74) is 1.47. The number of carbonyl (C=O) groups excluding carboxylic acids is 2. The first kappa shape index (κ1) is 25.6. The summed E-state index contributed by atoms with van der Waals surface area (Å²) in [4.78, 5) is 34.8. The molecule has 2 aliphatic rings. The number of sulfonamides is 1. The van der Waals surface area contributed by atoms with Gasteiger partial charge in [-0.15, -0.1) is 0 Å². The highest BCUT2D eigenvalue weighted by atomic mass is 35.5. The van der Waals surface area contributed by atoms with Crippen LogP contribution < -0.4 is 5.32 Å². The van der Waals surface area contributed by atoms with Crippen molar-refractivity contribution in [2.75, 3.05) is 39.4 Å². The molecular weight excluding hydrogens is 525 g/mol. The number of hydrogen-bond donors (Lipinski definition) is 2. The highest BCUT2D eigenvalue weighted by Gasteiger charge is 2.44. The summed E-state index contributed by atoms with van der Waals surface area (Å²) in [6, 6.07) is 7.87. The lowest BCUT2D eigenvalue weighted by atomic mass is 10.0. The molecule has 2 fully saturated rings. The zero-order chi connectivity index (χ0) is 26.2. The van der Waals surface area contributed by atoms with Crippen molar-refractivity contribution >= 4 is 44.3 Å². The molecule has 0 aliphatic carbocycles. The number of morpholine rings is 1. The molecule has 10 nitrogen and oxygen atoms in total. The Labute approximate surface area is 217 Å². The summed E-state index contributed by atoms with van der Waals surface area (Å²) < 4.78 is 45.9. The number of carbonyl (C=O) groups is 2. The summed E-state index contributed by atoms with van der Waals surface area (Å²) in [5.74, 6) is -1.35. The molecule has 196 valence electrons. The molecule has 0 unspecified atom stereocenters. The van der Waals surface area contributed by atoms with Crippen LogP contribution in [-0.4, -0.2) is 90.1 Å². The zero-order valence-electron chi connectivity index (χ0n) is 19.7. The minimum Gasteiger partial charge on any atom is -0.379 e. The molecule has 2 aliphatic heterocycles. The maximum absolute atomic E-state index is 13.4. The minimum atomic E-state index is -3.56. The third-order valence-electron chi connectivity index (χ3n) is 6.58. The van der Waals surface area contributed by atoms with E-state index in [1.165, 1.54) is 27.5 Å². The molecule has 0 radical (unpaired) electrons. The van der Waals surface area contributed by atoms with Crippen LogP contribution in [0.15, 0.2) is 42.6 Å². The molecule has 4 heterocycles. The van der Waals surface area contributed by atoms with Gasteiger partial charge in [-0.1, -0.05) is 23.7 Å². The van der Waals surface area contributed by atoms with E-state index in [9.17, 15) is 22.4 Å². The van der Waals surface area contributed by atoms with Crippen molar-refractivity contribution in [1.29, 1.82) is 0 Å². The number of pyridine rings is 1. The van der Waals surface area contributed by atoms with Gasteiger partial charge in [-0.25, -0.2) is 17.8 Å². The molecule has 0 bridgehead atoms. The van der Waals surface area contributed by atoms with E-state index in [2.05, 4.69) is 15.3 Å². The first-order valence-corrected chi connectivity index (χ1v) is 13.6. The maximum atomic E-state index is 13.4. The molecular formula is C24H25ClFN5O5S. The van der Waals surface area contributed by atoms with Crippen molar-refractivity contribution in [2.24, 2.45) is 0 Å². The number of amides is 2. The molecule has 2 amide bonds. The Kier molecular flexibility index (Phi) is 7.17. The van der Waals surface area contributed by atoms with Crippen LogP contribution in [0.5, 0.6) is 0 Å². The second kappa shape index (κ2) is 10.4. The van der Waals surface area contributed by atoms with Crippen LogP contribution in [0.3, 0.4) is 0 Å². The number of halogens is 2. The van der Waals surface area contributed by atoms with Gasteiger partial charge in [-0.2, -0.15) is 4.31 Å². The van der Waals surface area contributed by atoms with Crippen LogP contribution in [0.1, 0.15) is 16.1 Å². The van der Waals surface area contributed by atoms with Crippen LogP contribution in [0.2, 0.25) is 5.15 Å². The number of nitrogens with one attached hydrogen (secondary N) is 2. The Bertz CT molecular complexity index is 1420. The lowest BCUT2D eigenvalue weighted by Crippen LogP contribution is -2.64. The standard InChI is InChI=1S/C24H25ClFN5O5S/c25-22-11-16-10-19(28-21(16)12-27-22)23(32)29-20(9-15-1-3-17(26)4-2-15)24(33)30-13-18(14-30)37(34,35)31-5-7-36-8-6-31/h1-4,10-12,18,20,28H,5-9,13-14H2,(H,29,32)/t20-/m0/s1. The monoisotopic (exact) mass is 549 g/mol. The van der Waals surface area contributed by atoms with Gasteiger partial charge in [-0.05, 0) is 29.8 Å². The minimum absolute atomic E-state index is 0.0326. The van der Waals surface area contributed by atoms with Crippen LogP contribution in [-0.2, 0) is 26.0 Å². The van der Waals surface area contributed by atoms with Crippen LogP contribution in [0.4, 0.5) is 4.39 Å². The third-order valence-corrected chi connectivity index (χ3v) is 9.02. The van der Waals surface area contributed by atoms with Crippen molar-refractivity contribution in [2.45, 2.75) is 17.7 Å². The smallest absolute Gasteiger partial charge is 0.268 e. The van der Waals surface area contributed by atoms with Gasteiger partial charge in [0.15, 0.2) is 0 Å². The molecule has 2 saturated heterocycles. The van der Waals surface area contributed by atoms with Crippen molar-refractivity contribution in [1.82, 2.24) is 24.5 Å². The summed E-state index contributed by atoms with van der Waals surface area (Å²) in [6.45, 7) is 1.34. The predicted molar refractivity (Wildman–Crippen MR) is 134 cm³/mol. The predicted octanol–water partition coefficient (Wildman–Crippen LogP) is 1.57. The quantitative estimate of drug-likeness (QED) is 0.431. The molecule has 1 atom stereocenters. The Hall–Kier alpha value is -3.06. The van der Waals surface area contributed by atoms with Gasteiger partial charge < -0.3 is 19.9 Å². The maximum Gasteiger partial charge on any atom is 0.268 e. The molecule has 0 spiro atoms. The Morgan fingerprint density at radius 3 is 2.59 bits per heavy atom. The fourth-order valence-electron chi connectivity index (χ4n) is 4.46. The molecule has 2 N–H and O–H groups in total. The van der Waals surface area contributed by atoms with E-state index in [1.807, 2.05) is 0 Å². The first-order chi connectivity index (χ1) is 17.7. The van der Waals surface area contributed by atoms with E-state index in [1.54, 1.807) is 24.3 Å². The SMILES string of the molecule is O=C(N[C@@H](Cc1ccc(F)cc1)C(=O)N1CC(S(=O)(=O)N2CCOCC2)C1)c1cc2cc(Cl)ncc2[nH]1. The van der Waals surface area contributed by atoms with Crippen LogP contribution in [0.25, 0.3) is 10.9 Å². The van der Waals surface area contributed by atoms with Gasteiger partial charge in [0.2, 0.25) is 15.9 Å². The molecule has 13 heteroatoms. The number of benzene rings is 1. The summed E-state index contributed by atoms with van der Waals surface area (Å²) in [5, 5.41) is 3.01. The summed E-state index contributed by atoms with van der Waals surface area (Å²) >= 11 is 5.93. The molecule has 1 aromatic carbocycles. The Balaban J connectivity index is 1.31. The van der Waals surface area contributed by atoms with Gasteiger partial charge in [0, 0.05) is 38.0 Å². The van der Waals surface area contributed by atoms with E-state index >= 15 is 0 Å². The highest BCUT2D eigenvalue weighted by Crippen LogP contribution is 2.23. The molecule has 37 heavy (non-hydrogen) atoms. The lowest BCUT2D eigenvalue weighted by Gasteiger charge is -2.42. The van der Waals surface area contributed by atoms with E-state index in [-0.39, 0.29) is 30.4 Å². The van der Waals surface area contributed by atoms with Crippen molar-refractivity contribution < 1.29 is 27.1 Å². The lowest BCUT2D eigenvalue weighted by molar-refractivity contribution is -0.136. The number of nitrogens with zero attached hydrogens (tertiary/aromatic N) is 3. The summed E-state index contributed by atoms with van der Waals surface area (Å²) in [7, 11) is -3.56. The number of hydrogen-bond acceptors (Lipinski definition) is 6. The summed E-state index contributed by atoms with van der Waals surface area (Å²) in [6.07, 6.45) is 1.61. The number of aromatic amines is 1. The van der Waals surface area contributed by atoms with Crippen molar-refractivity contribution in [3.8, 4) is 0 Å². The normalized spacial score (nSPS) is 17.9. The number of rotatable bonds is 7. The first-order valence-electron chi connectivity index (χ1n) is 11.8. The molecule has 3 aromatic rings. The Morgan fingerprint density at radius 2 is 1.89 bits per heavy atom. The largest absolute Gasteiger partial charge is 0.379 e. The zero-order valence-corrected chi connectivity index (χ0v) is 21.3.